The number of nitrogens with zero attached hydrogens (tertiary/aromatic N) is 5. The molecule has 0 aliphatic rings. The Morgan fingerprint density at radius 2 is 2.12 bits per heavy atom. The van der Waals surface area contributed by atoms with E-state index < -0.39 is 11.6 Å². The summed E-state index contributed by atoms with van der Waals surface area (Å²) in [4.78, 5) is 10.2. The number of guanidine groups is 1. The van der Waals surface area contributed by atoms with Gasteiger partial charge in [-0.05, 0) is 18.1 Å². The number of halogens is 3. The molecular weight excluding hydrogens is 429 g/mol. The number of aryl methyl sites for hydroxylation is 1. The van der Waals surface area contributed by atoms with E-state index >= 15 is 0 Å². The van der Waals surface area contributed by atoms with Gasteiger partial charge in [-0.1, -0.05) is 12.1 Å². The zero-order valence-electron chi connectivity index (χ0n) is 13.8. The summed E-state index contributed by atoms with van der Waals surface area (Å²) in [6.45, 7) is 0.973. The van der Waals surface area contributed by atoms with Crippen molar-refractivity contribution in [1.82, 2.24) is 25.0 Å². The van der Waals surface area contributed by atoms with Crippen molar-refractivity contribution in [2.45, 2.75) is 13.0 Å². The van der Waals surface area contributed by atoms with E-state index in [0.717, 1.165) is 11.9 Å². The number of hydrogen-bond acceptors (Lipinski definition) is 3. The van der Waals surface area contributed by atoms with Crippen LogP contribution in [0.2, 0.25) is 0 Å². The zero-order chi connectivity index (χ0) is 16.8. The highest BCUT2D eigenvalue weighted by molar-refractivity contribution is 14.0. The van der Waals surface area contributed by atoms with Gasteiger partial charge in [-0.15, -0.1) is 24.0 Å². The van der Waals surface area contributed by atoms with Gasteiger partial charge in [-0.3, -0.25) is 9.67 Å². The molecule has 0 saturated carbocycles. The first kappa shape index (κ1) is 20.3. The maximum atomic E-state index is 13.6. The summed E-state index contributed by atoms with van der Waals surface area (Å²) < 4.78 is 28.5. The fourth-order valence-corrected chi connectivity index (χ4v) is 2.19. The van der Waals surface area contributed by atoms with Crippen LogP contribution in [-0.4, -0.2) is 46.3 Å². The summed E-state index contributed by atoms with van der Waals surface area (Å²) in [7, 11) is 5.35. The number of aromatic nitrogens is 3. The molecule has 1 aromatic carbocycles. The Morgan fingerprint density at radius 3 is 2.75 bits per heavy atom. The van der Waals surface area contributed by atoms with Crippen molar-refractivity contribution in [2.75, 3.05) is 20.6 Å². The first-order chi connectivity index (χ1) is 11.0. The number of hydrogen-bond donors (Lipinski definition) is 1. The second-order valence-electron chi connectivity index (χ2n) is 5.09. The van der Waals surface area contributed by atoms with Gasteiger partial charge in [0.1, 0.15) is 12.2 Å². The van der Waals surface area contributed by atoms with Gasteiger partial charge in [0, 0.05) is 27.7 Å². The van der Waals surface area contributed by atoms with Gasteiger partial charge in [-0.2, -0.15) is 5.10 Å². The van der Waals surface area contributed by atoms with Crippen LogP contribution in [0.5, 0.6) is 0 Å². The Labute approximate surface area is 157 Å². The van der Waals surface area contributed by atoms with Crippen molar-refractivity contribution in [2.24, 2.45) is 12.0 Å². The van der Waals surface area contributed by atoms with Gasteiger partial charge < -0.3 is 10.2 Å². The van der Waals surface area contributed by atoms with Gasteiger partial charge in [0.25, 0.3) is 0 Å². The number of rotatable bonds is 5. The van der Waals surface area contributed by atoms with Crippen molar-refractivity contribution in [1.29, 1.82) is 0 Å². The average molecular weight is 450 g/mol. The summed E-state index contributed by atoms with van der Waals surface area (Å²) >= 11 is 0. The highest BCUT2D eigenvalue weighted by Gasteiger charge is 2.11. The zero-order valence-corrected chi connectivity index (χ0v) is 16.2. The first-order valence-corrected chi connectivity index (χ1v) is 7.20. The Balaban J connectivity index is 0.00000288. The highest BCUT2D eigenvalue weighted by atomic mass is 127. The topological polar surface area (TPSA) is 58.3 Å². The number of aliphatic imine (C=N–C) groups is 1. The van der Waals surface area contributed by atoms with Crippen LogP contribution in [0.4, 0.5) is 8.78 Å². The molecule has 0 unspecified atom stereocenters. The van der Waals surface area contributed by atoms with E-state index in [9.17, 15) is 8.78 Å². The van der Waals surface area contributed by atoms with E-state index in [2.05, 4.69) is 20.4 Å². The molecule has 0 amide bonds. The van der Waals surface area contributed by atoms with Crippen LogP contribution in [0.15, 0.2) is 29.5 Å². The molecule has 0 saturated heterocycles. The molecule has 0 fully saturated rings. The predicted molar refractivity (Wildman–Crippen MR) is 99.3 cm³/mol. The smallest absolute Gasteiger partial charge is 0.193 e. The fraction of sp³-hybridized carbons (Fsp3) is 0.400. The Morgan fingerprint density at radius 1 is 1.38 bits per heavy atom. The number of nitrogens with one attached hydrogen (secondary N) is 1. The van der Waals surface area contributed by atoms with E-state index in [1.807, 2.05) is 19.0 Å². The first-order valence-electron chi connectivity index (χ1n) is 7.20. The second kappa shape index (κ2) is 9.50. The van der Waals surface area contributed by atoms with E-state index in [-0.39, 0.29) is 24.0 Å². The van der Waals surface area contributed by atoms with E-state index in [4.69, 9.17) is 0 Å². The molecule has 1 aromatic heterocycles. The monoisotopic (exact) mass is 450 g/mol. The molecule has 132 valence electrons. The maximum Gasteiger partial charge on any atom is 0.193 e. The van der Waals surface area contributed by atoms with Crippen molar-refractivity contribution in [3.05, 3.63) is 47.5 Å². The van der Waals surface area contributed by atoms with Crippen molar-refractivity contribution in [3.8, 4) is 0 Å². The molecule has 0 aliphatic heterocycles. The fourth-order valence-electron chi connectivity index (χ4n) is 2.19. The Bertz CT molecular complexity index is 688. The molecule has 2 rings (SSSR count). The minimum absolute atomic E-state index is 0. The Hall–Kier alpha value is -1.78. The summed E-state index contributed by atoms with van der Waals surface area (Å²) in [6, 6.07) is 4.19. The molecule has 0 atom stereocenters. The summed E-state index contributed by atoms with van der Waals surface area (Å²) in [5.74, 6) is -0.181. The summed E-state index contributed by atoms with van der Waals surface area (Å²) in [5, 5.41) is 7.14. The third-order valence-corrected chi connectivity index (χ3v) is 3.47. The van der Waals surface area contributed by atoms with E-state index in [1.165, 1.54) is 12.4 Å². The molecule has 0 radical (unpaired) electrons. The van der Waals surface area contributed by atoms with Gasteiger partial charge in [-0.25, -0.2) is 13.8 Å². The minimum Gasteiger partial charge on any atom is -0.356 e. The maximum absolute atomic E-state index is 13.6. The van der Waals surface area contributed by atoms with Crippen molar-refractivity contribution >= 4 is 29.9 Å². The normalized spacial score (nSPS) is 11.1. The average Bonchev–Trinajstić information content (AvgIpc) is 2.93. The van der Waals surface area contributed by atoms with Crippen molar-refractivity contribution < 1.29 is 8.78 Å². The second-order valence-corrected chi connectivity index (χ2v) is 5.09. The third kappa shape index (κ3) is 5.11. The lowest BCUT2D eigenvalue weighted by Crippen LogP contribution is -2.39. The summed E-state index contributed by atoms with van der Waals surface area (Å²) in [6.07, 6.45) is 1.85. The van der Waals surface area contributed by atoms with Crippen LogP contribution in [0.1, 0.15) is 11.4 Å². The van der Waals surface area contributed by atoms with E-state index in [1.54, 1.807) is 17.8 Å². The molecule has 0 aliphatic carbocycles. The summed E-state index contributed by atoms with van der Waals surface area (Å²) in [5.41, 5.74) is 0.337. The van der Waals surface area contributed by atoms with E-state index in [0.29, 0.717) is 31.0 Å². The highest BCUT2D eigenvalue weighted by Crippen LogP contribution is 2.11. The van der Waals surface area contributed by atoms with Crippen LogP contribution >= 0.6 is 24.0 Å². The minimum atomic E-state index is -0.828. The van der Waals surface area contributed by atoms with Gasteiger partial charge in [0.2, 0.25) is 0 Å². The van der Waals surface area contributed by atoms with Crippen molar-refractivity contribution in [3.63, 3.8) is 0 Å². The lowest BCUT2D eigenvalue weighted by molar-refractivity contribution is 0.448. The van der Waals surface area contributed by atoms with Crippen LogP contribution in [0, 0.1) is 11.6 Å². The predicted octanol–water partition coefficient (Wildman–Crippen LogP) is 1.96. The molecular formula is C15H21F2IN6. The Kier molecular flexibility index (Phi) is 8.02. The lowest BCUT2D eigenvalue weighted by atomic mass is 10.1. The number of benzene rings is 1. The van der Waals surface area contributed by atoms with Crippen LogP contribution in [0.3, 0.4) is 0 Å². The molecule has 1 heterocycles. The van der Waals surface area contributed by atoms with Crippen LogP contribution < -0.4 is 5.32 Å². The van der Waals surface area contributed by atoms with Gasteiger partial charge in [0.05, 0.1) is 6.54 Å². The quantitative estimate of drug-likeness (QED) is 0.430. The molecule has 0 spiro atoms. The van der Waals surface area contributed by atoms with Crippen LogP contribution in [0.25, 0.3) is 0 Å². The lowest BCUT2D eigenvalue weighted by Gasteiger charge is -2.21. The SMILES string of the molecule is CN=C(NCCc1cccc(F)c1F)N(C)Cc1ncnn1C.I. The molecule has 2 aromatic rings. The molecule has 1 N–H and O–H groups in total. The van der Waals surface area contributed by atoms with Gasteiger partial charge >= 0.3 is 0 Å². The largest absolute Gasteiger partial charge is 0.356 e. The molecule has 6 nitrogen and oxygen atoms in total. The molecule has 24 heavy (non-hydrogen) atoms. The molecule has 0 bridgehead atoms. The molecule has 9 heteroatoms. The standard InChI is InChI=1S/C15H20F2N6.HI/c1-18-15(22(2)9-13-20-10-21-23(13)3)19-8-7-11-5-4-6-12(16)14(11)17;/h4-6,10H,7-9H2,1-3H3,(H,18,19);1H. The van der Waals surface area contributed by atoms with Gasteiger partial charge in [0.15, 0.2) is 17.6 Å². The van der Waals surface area contributed by atoms with Crippen LogP contribution in [-0.2, 0) is 20.0 Å². The third-order valence-electron chi connectivity index (χ3n) is 3.47.